The molecule has 3 amide bonds. The van der Waals surface area contributed by atoms with Gasteiger partial charge in [0.25, 0.3) is 17.7 Å². The van der Waals surface area contributed by atoms with Gasteiger partial charge in [-0.05, 0) is 57.7 Å². The number of piperidine rings is 1. The molecule has 0 aliphatic carbocycles. The Morgan fingerprint density at radius 1 is 1.15 bits per heavy atom. The number of carbonyl (C=O) groups is 3. The van der Waals surface area contributed by atoms with Gasteiger partial charge in [-0.15, -0.1) is 0 Å². The minimum absolute atomic E-state index is 0.124. The zero-order chi connectivity index (χ0) is 28.8. The van der Waals surface area contributed by atoms with Crippen LogP contribution >= 0.6 is 0 Å². The lowest BCUT2D eigenvalue weighted by Crippen LogP contribution is -2.51. The second kappa shape index (κ2) is 12.5. The summed E-state index contributed by atoms with van der Waals surface area (Å²) in [7, 11) is 1.49. The van der Waals surface area contributed by atoms with E-state index in [-0.39, 0.29) is 43.1 Å². The van der Waals surface area contributed by atoms with Gasteiger partial charge in [-0.3, -0.25) is 9.59 Å². The molecule has 2 atom stereocenters. The number of alkyl halides is 2. The molecule has 0 bridgehead atoms. The SMILES string of the molecule is CNC(=O)c1cc(C(=O)NCCCC2CCN(C(=O)OC(C)(C)C)CC2(F)F)cc(C(C)c2ccccc2)n1. The van der Waals surface area contributed by atoms with Crippen molar-refractivity contribution in [2.75, 3.05) is 26.7 Å². The summed E-state index contributed by atoms with van der Waals surface area (Å²) in [6, 6.07) is 12.7. The lowest BCUT2D eigenvalue weighted by atomic mass is 9.89. The minimum atomic E-state index is -3.05. The van der Waals surface area contributed by atoms with Gasteiger partial charge in [0.05, 0.1) is 6.54 Å². The second-order valence-electron chi connectivity index (χ2n) is 10.9. The molecule has 2 aromatic rings. The summed E-state index contributed by atoms with van der Waals surface area (Å²) >= 11 is 0. The smallest absolute Gasteiger partial charge is 0.410 e. The van der Waals surface area contributed by atoms with Crippen molar-refractivity contribution in [3.8, 4) is 0 Å². The predicted molar refractivity (Wildman–Crippen MR) is 144 cm³/mol. The summed E-state index contributed by atoms with van der Waals surface area (Å²) in [5.41, 5.74) is 1.21. The number of hydrogen-bond acceptors (Lipinski definition) is 5. The van der Waals surface area contributed by atoms with Crippen LogP contribution in [0.2, 0.25) is 0 Å². The van der Waals surface area contributed by atoms with Crippen LogP contribution in [-0.4, -0.2) is 66.0 Å². The highest BCUT2D eigenvalue weighted by Gasteiger charge is 2.46. The first kappa shape index (κ1) is 30.0. The summed E-state index contributed by atoms with van der Waals surface area (Å²) in [4.78, 5) is 43.0. The number of carbonyl (C=O) groups excluding carboxylic acids is 3. The van der Waals surface area contributed by atoms with Crippen LogP contribution in [0, 0.1) is 5.92 Å². The Bertz CT molecular complexity index is 1170. The first-order valence-corrected chi connectivity index (χ1v) is 13.2. The largest absolute Gasteiger partial charge is 0.444 e. The second-order valence-corrected chi connectivity index (χ2v) is 10.9. The molecular formula is C29H38F2N4O4. The number of aromatic nitrogens is 1. The van der Waals surface area contributed by atoms with E-state index in [9.17, 15) is 23.2 Å². The van der Waals surface area contributed by atoms with Crippen molar-refractivity contribution in [3.63, 3.8) is 0 Å². The lowest BCUT2D eigenvalue weighted by molar-refractivity contribution is -0.112. The van der Waals surface area contributed by atoms with E-state index in [2.05, 4.69) is 15.6 Å². The maximum atomic E-state index is 14.8. The Morgan fingerprint density at radius 3 is 2.46 bits per heavy atom. The summed E-state index contributed by atoms with van der Waals surface area (Å²) in [5, 5.41) is 5.31. The van der Waals surface area contributed by atoms with E-state index in [1.165, 1.54) is 13.1 Å². The third-order valence-corrected chi connectivity index (χ3v) is 6.72. The van der Waals surface area contributed by atoms with Crippen LogP contribution in [0.4, 0.5) is 13.6 Å². The fourth-order valence-corrected chi connectivity index (χ4v) is 4.54. The zero-order valence-electron chi connectivity index (χ0n) is 23.2. The Hall–Kier alpha value is -3.56. The number of benzene rings is 1. The van der Waals surface area contributed by atoms with Gasteiger partial charge in [-0.2, -0.15) is 0 Å². The predicted octanol–water partition coefficient (Wildman–Crippen LogP) is 5.00. The van der Waals surface area contributed by atoms with E-state index in [1.807, 2.05) is 37.3 Å². The fourth-order valence-electron chi connectivity index (χ4n) is 4.54. The maximum Gasteiger partial charge on any atom is 0.410 e. The monoisotopic (exact) mass is 544 g/mol. The van der Waals surface area contributed by atoms with Gasteiger partial charge in [0.1, 0.15) is 11.3 Å². The van der Waals surface area contributed by atoms with Gasteiger partial charge >= 0.3 is 6.09 Å². The summed E-state index contributed by atoms with van der Waals surface area (Å²) < 4.78 is 34.8. The minimum Gasteiger partial charge on any atom is -0.444 e. The maximum absolute atomic E-state index is 14.8. The number of amides is 3. The van der Waals surface area contributed by atoms with Gasteiger partial charge in [0, 0.05) is 43.2 Å². The third-order valence-electron chi connectivity index (χ3n) is 6.72. The van der Waals surface area contributed by atoms with E-state index in [1.54, 1.807) is 26.8 Å². The molecule has 1 aliphatic rings. The van der Waals surface area contributed by atoms with Crippen LogP contribution in [-0.2, 0) is 4.74 Å². The van der Waals surface area contributed by atoms with Crippen LogP contribution in [0.25, 0.3) is 0 Å². The number of halogens is 2. The molecule has 212 valence electrons. The molecule has 2 N–H and O–H groups in total. The molecule has 0 saturated carbocycles. The number of hydrogen-bond donors (Lipinski definition) is 2. The highest BCUT2D eigenvalue weighted by molar-refractivity contribution is 5.98. The van der Waals surface area contributed by atoms with Gasteiger partial charge in [-0.1, -0.05) is 37.3 Å². The van der Waals surface area contributed by atoms with Crippen molar-refractivity contribution in [2.24, 2.45) is 5.92 Å². The van der Waals surface area contributed by atoms with Crippen LogP contribution in [0.3, 0.4) is 0 Å². The normalized spacial score (nSPS) is 17.7. The van der Waals surface area contributed by atoms with Gasteiger partial charge in [-0.25, -0.2) is 18.6 Å². The summed E-state index contributed by atoms with van der Waals surface area (Å²) in [6.45, 7) is 6.74. The zero-order valence-corrected chi connectivity index (χ0v) is 23.2. The molecule has 1 aromatic heterocycles. The number of likely N-dealkylation sites (tertiary alicyclic amines) is 1. The molecule has 0 radical (unpaired) electrons. The highest BCUT2D eigenvalue weighted by atomic mass is 19.3. The van der Waals surface area contributed by atoms with Gasteiger partial charge < -0.3 is 20.3 Å². The summed E-state index contributed by atoms with van der Waals surface area (Å²) in [6.07, 6.45) is -0.0341. The average molecular weight is 545 g/mol. The van der Waals surface area contributed by atoms with Gasteiger partial charge in [0.2, 0.25) is 0 Å². The van der Waals surface area contributed by atoms with E-state index in [4.69, 9.17) is 4.74 Å². The van der Waals surface area contributed by atoms with Crippen LogP contribution in [0.15, 0.2) is 42.5 Å². The molecule has 2 heterocycles. The Morgan fingerprint density at radius 2 is 1.85 bits per heavy atom. The van der Waals surface area contributed by atoms with Crippen LogP contribution < -0.4 is 10.6 Å². The number of nitrogens with zero attached hydrogens (tertiary/aromatic N) is 2. The molecular weight excluding hydrogens is 506 g/mol. The van der Waals surface area contributed by atoms with Crippen molar-refractivity contribution in [3.05, 3.63) is 65.0 Å². The quantitative estimate of drug-likeness (QED) is 0.456. The number of ether oxygens (including phenoxy) is 1. The molecule has 1 fully saturated rings. The van der Waals surface area contributed by atoms with E-state index < -0.39 is 41.9 Å². The molecule has 3 rings (SSSR count). The van der Waals surface area contributed by atoms with Crippen LogP contribution in [0.1, 0.15) is 85.0 Å². The number of pyridine rings is 1. The van der Waals surface area contributed by atoms with Crippen molar-refractivity contribution >= 4 is 17.9 Å². The molecule has 1 saturated heterocycles. The van der Waals surface area contributed by atoms with Crippen molar-refractivity contribution in [2.45, 2.75) is 64.4 Å². The molecule has 8 nitrogen and oxygen atoms in total. The number of nitrogens with one attached hydrogen (secondary N) is 2. The molecule has 39 heavy (non-hydrogen) atoms. The highest BCUT2D eigenvalue weighted by Crippen LogP contribution is 2.36. The Labute approximate surface area is 228 Å². The molecule has 10 heteroatoms. The van der Waals surface area contributed by atoms with E-state index >= 15 is 0 Å². The molecule has 2 unspecified atom stereocenters. The van der Waals surface area contributed by atoms with Crippen molar-refractivity contribution < 1.29 is 27.9 Å². The summed E-state index contributed by atoms with van der Waals surface area (Å²) in [5.74, 6) is -4.92. The molecule has 1 aromatic carbocycles. The van der Waals surface area contributed by atoms with Gasteiger partial charge in [0.15, 0.2) is 0 Å². The van der Waals surface area contributed by atoms with E-state index in [0.29, 0.717) is 12.1 Å². The third kappa shape index (κ3) is 8.21. The fraction of sp³-hybridized carbons (Fsp3) is 0.517. The Kier molecular flexibility index (Phi) is 9.63. The van der Waals surface area contributed by atoms with E-state index in [0.717, 1.165) is 10.5 Å². The van der Waals surface area contributed by atoms with Crippen molar-refractivity contribution in [1.29, 1.82) is 0 Å². The topological polar surface area (TPSA) is 101 Å². The Balaban J connectivity index is 1.59. The number of rotatable bonds is 8. The first-order chi connectivity index (χ1) is 18.3. The van der Waals surface area contributed by atoms with Crippen molar-refractivity contribution in [1.82, 2.24) is 20.5 Å². The average Bonchev–Trinajstić information content (AvgIpc) is 2.89. The molecule has 0 spiro atoms. The molecule has 1 aliphatic heterocycles. The standard InChI is InChI=1S/C29H38F2N4O4/c1-19(20-10-7-6-8-11-20)23-16-21(17-24(34-23)26(37)32-5)25(36)33-14-9-12-22-13-15-35(18-29(22,30)31)27(38)39-28(2,3)4/h6-8,10-11,16-17,19,22H,9,12-15,18H2,1-5H3,(H,32,37)(H,33,36). The van der Waals surface area contributed by atoms with Crippen LogP contribution in [0.5, 0.6) is 0 Å². The lowest BCUT2D eigenvalue weighted by Gasteiger charge is -2.38. The first-order valence-electron chi connectivity index (χ1n) is 13.2.